The van der Waals surface area contributed by atoms with Crippen LogP contribution in [0.25, 0.3) is 0 Å². The molecular weight excluding hydrogens is 280 g/mol. The van der Waals surface area contributed by atoms with Crippen molar-refractivity contribution < 1.29 is 9.59 Å². The number of carbonyl (C=O) groups excluding carboxylic acids is 2. The number of aromatic nitrogens is 1. The number of aromatic amines is 1. The maximum atomic E-state index is 12.3. The van der Waals surface area contributed by atoms with E-state index in [0.717, 1.165) is 32.1 Å². The molecule has 0 spiro atoms. The summed E-state index contributed by atoms with van der Waals surface area (Å²) >= 11 is 0. The second-order valence-electron chi connectivity index (χ2n) is 6.05. The van der Waals surface area contributed by atoms with Crippen molar-refractivity contribution in [3.8, 4) is 0 Å². The molecular formula is C17H24N2O3. The Morgan fingerprint density at radius 2 is 2.09 bits per heavy atom. The van der Waals surface area contributed by atoms with Crippen molar-refractivity contribution in [1.82, 2.24) is 10.3 Å². The van der Waals surface area contributed by atoms with E-state index in [1.165, 1.54) is 6.07 Å². The largest absolute Gasteiger partial charge is 0.349 e. The highest BCUT2D eigenvalue weighted by molar-refractivity contribution is 6.01. The molecule has 120 valence electrons. The van der Waals surface area contributed by atoms with Crippen molar-refractivity contribution in [2.75, 3.05) is 0 Å². The first kappa shape index (κ1) is 16.5. The lowest BCUT2D eigenvalue weighted by atomic mass is 9.93. The van der Waals surface area contributed by atoms with Crippen LogP contribution in [0.1, 0.15) is 78.8 Å². The van der Waals surface area contributed by atoms with E-state index in [1.54, 1.807) is 0 Å². The van der Waals surface area contributed by atoms with Gasteiger partial charge in [-0.15, -0.1) is 0 Å². The van der Waals surface area contributed by atoms with Crippen molar-refractivity contribution in [3.63, 3.8) is 0 Å². The molecule has 1 aliphatic rings. The Hall–Kier alpha value is -1.91. The van der Waals surface area contributed by atoms with E-state index in [4.69, 9.17) is 0 Å². The van der Waals surface area contributed by atoms with Crippen molar-refractivity contribution in [2.24, 2.45) is 0 Å². The van der Waals surface area contributed by atoms with Crippen LogP contribution in [0.3, 0.4) is 0 Å². The quantitative estimate of drug-likeness (QED) is 0.793. The average Bonchev–Trinajstić information content (AvgIpc) is 2.47. The Morgan fingerprint density at radius 3 is 2.82 bits per heavy atom. The van der Waals surface area contributed by atoms with Crippen molar-refractivity contribution in [1.29, 1.82) is 0 Å². The number of hydrogen-bond acceptors (Lipinski definition) is 3. The zero-order chi connectivity index (χ0) is 16.1. The minimum Gasteiger partial charge on any atom is -0.349 e. The Bertz CT molecular complexity index is 619. The number of carbonyl (C=O) groups is 2. The van der Waals surface area contributed by atoms with Crippen LogP contribution < -0.4 is 10.9 Å². The van der Waals surface area contributed by atoms with E-state index in [9.17, 15) is 14.4 Å². The lowest BCUT2D eigenvalue weighted by Gasteiger charge is -2.16. The van der Waals surface area contributed by atoms with Crippen LogP contribution in [0.2, 0.25) is 0 Å². The number of nitrogens with one attached hydrogen (secondary N) is 2. The van der Waals surface area contributed by atoms with Gasteiger partial charge in [-0.25, -0.2) is 0 Å². The first-order chi connectivity index (χ1) is 10.5. The van der Waals surface area contributed by atoms with Crippen LogP contribution in [-0.2, 0) is 6.42 Å². The van der Waals surface area contributed by atoms with Crippen LogP contribution in [-0.4, -0.2) is 22.7 Å². The van der Waals surface area contributed by atoms with E-state index in [0.29, 0.717) is 24.1 Å². The Labute approximate surface area is 130 Å². The minimum atomic E-state index is -0.410. The van der Waals surface area contributed by atoms with Gasteiger partial charge in [-0.2, -0.15) is 0 Å². The highest BCUT2D eigenvalue weighted by Gasteiger charge is 2.22. The summed E-state index contributed by atoms with van der Waals surface area (Å²) in [5, 5.41) is 2.85. The van der Waals surface area contributed by atoms with E-state index < -0.39 is 11.5 Å². The molecule has 1 atom stereocenters. The smallest absolute Gasteiger partial charge is 0.261 e. The predicted octanol–water partition coefficient (Wildman–Crippen LogP) is 2.59. The molecule has 2 N–H and O–H groups in total. The number of unbranched alkanes of at least 4 members (excludes halogenated alkanes) is 2. The lowest BCUT2D eigenvalue weighted by molar-refractivity contribution is 0.0936. The number of Topliss-reactive ketones (excluding diaryl/α,β-unsaturated/α-hetero) is 1. The molecule has 0 bridgehead atoms. The van der Waals surface area contributed by atoms with Crippen LogP contribution in [0.5, 0.6) is 0 Å². The fourth-order valence-electron chi connectivity index (χ4n) is 2.82. The van der Waals surface area contributed by atoms with E-state index in [1.807, 2.05) is 6.92 Å². The van der Waals surface area contributed by atoms with Gasteiger partial charge in [0.05, 0.1) is 0 Å². The Kier molecular flexibility index (Phi) is 5.52. The summed E-state index contributed by atoms with van der Waals surface area (Å²) in [6.07, 6.45) is 6.13. The predicted molar refractivity (Wildman–Crippen MR) is 85.4 cm³/mol. The topological polar surface area (TPSA) is 79.0 Å². The summed E-state index contributed by atoms with van der Waals surface area (Å²) in [5.74, 6) is -0.394. The van der Waals surface area contributed by atoms with Crippen LogP contribution in [0, 0.1) is 0 Å². The SMILES string of the molecule is CCCCC[C@@H](C)NC(=O)c1cc2c([nH]c1=O)CCCC2=O. The Balaban J connectivity index is 2.11. The molecule has 0 saturated heterocycles. The van der Waals surface area contributed by atoms with Gasteiger partial charge in [0.1, 0.15) is 5.56 Å². The van der Waals surface area contributed by atoms with Gasteiger partial charge in [-0.1, -0.05) is 26.2 Å². The van der Waals surface area contributed by atoms with Gasteiger partial charge < -0.3 is 10.3 Å². The number of ketones is 1. The van der Waals surface area contributed by atoms with Crippen molar-refractivity contribution >= 4 is 11.7 Å². The number of hydrogen-bond donors (Lipinski definition) is 2. The number of pyridine rings is 1. The summed E-state index contributed by atoms with van der Waals surface area (Å²) in [7, 11) is 0. The molecule has 1 heterocycles. The third-order valence-electron chi connectivity index (χ3n) is 4.12. The molecule has 1 amide bonds. The zero-order valence-electron chi connectivity index (χ0n) is 13.3. The first-order valence-electron chi connectivity index (χ1n) is 8.13. The van der Waals surface area contributed by atoms with Gasteiger partial charge in [-0.3, -0.25) is 14.4 Å². The summed E-state index contributed by atoms with van der Waals surface area (Å²) in [6, 6.07) is 1.48. The molecule has 0 aromatic carbocycles. The molecule has 1 aliphatic carbocycles. The van der Waals surface area contributed by atoms with E-state index in [-0.39, 0.29) is 17.4 Å². The summed E-state index contributed by atoms with van der Waals surface area (Å²) in [4.78, 5) is 38.9. The van der Waals surface area contributed by atoms with Gasteiger partial charge in [0, 0.05) is 23.7 Å². The van der Waals surface area contributed by atoms with Gasteiger partial charge in [-0.05, 0) is 32.3 Å². The molecule has 0 saturated carbocycles. The molecule has 2 rings (SSSR count). The van der Waals surface area contributed by atoms with Crippen molar-refractivity contribution in [3.05, 3.63) is 33.2 Å². The van der Waals surface area contributed by atoms with Gasteiger partial charge in [0.15, 0.2) is 5.78 Å². The van der Waals surface area contributed by atoms with Gasteiger partial charge in [0.25, 0.3) is 11.5 Å². The van der Waals surface area contributed by atoms with Crippen molar-refractivity contribution in [2.45, 2.75) is 64.8 Å². The first-order valence-corrected chi connectivity index (χ1v) is 8.13. The van der Waals surface area contributed by atoms with Gasteiger partial charge >= 0.3 is 0 Å². The monoisotopic (exact) mass is 304 g/mol. The lowest BCUT2D eigenvalue weighted by Crippen LogP contribution is -2.36. The highest BCUT2D eigenvalue weighted by Crippen LogP contribution is 2.18. The second-order valence-corrected chi connectivity index (χ2v) is 6.05. The maximum Gasteiger partial charge on any atom is 0.261 e. The molecule has 0 unspecified atom stereocenters. The summed E-state index contributed by atoms with van der Waals surface area (Å²) < 4.78 is 0. The van der Waals surface area contributed by atoms with E-state index in [2.05, 4.69) is 17.2 Å². The molecule has 1 aromatic heterocycles. The zero-order valence-corrected chi connectivity index (χ0v) is 13.3. The summed E-state index contributed by atoms with van der Waals surface area (Å²) in [6.45, 7) is 4.07. The maximum absolute atomic E-state index is 12.3. The Morgan fingerprint density at radius 1 is 1.32 bits per heavy atom. The third kappa shape index (κ3) is 3.84. The number of fused-ring (bicyclic) bond motifs is 1. The average molecular weight is 304 g/mol. The third-order valence-corrected chi connectivity index (χ3v) is 4.12. The standard InChI is InChI=1S/C17H24N2O3/c1-3-4-5-7-11(2)18-16(21)13-10-12-14(19-17(13)22)8-6-9-15(12)20/h10-11H,3-9H2,1-2H3,(H,18,21)(H,19,22)/t11-/m1/s1. The molecule has 5 heteroatoms. The molecule has 0 radical (unpaired) electrons. The molecule has 0 fully saturated rings. The number of rotatable bonds is 6. The molecule has 1 aromatic rings. The molecule has 5 nitrogen and oxygen atoms in total. The minimum absolute atomic E-state index is 0.00236. The number of amides is 1. The van der Waals surface area contributed by atoms with Crippen LogP contribution >= 0.6 is 0 Å². The van der Waals surface area contributed by atoms with E-state index >= 15 is 0 Å². The molecule has 0 aliphatic heterocycles. The number of H-pyrrole nitrogens is 1. The summed E-state index contributed by atoms with van der Waals surface area (Å²) in [5.41, 5.74) is 0.784. The molecule has 22 heavy (non-hydrogen) atoms. The van der Waals surface area contributed by atoms with Crippen LogP contribution in [0.15, 0.2) is 10.9 Å². The number of aryl methyl sites for hydroxylation is 1. The van der Waals surface area contributed by atoms with Crippen LogP contribution in [0.4, 0.5) is 0 Å². The fraction of sp³-hybridized carbons (Fsp3) is 0.588. The second kappa shape index (κ2) is 7.38. The van der Waals surface area contributed by atoms with Gasteiger partial charge in [0.2, 0.25) is 0 Å². The highest BCUT2D eigenvalue weighted by atomic mass is 16.2. The fourth-order valence-corrected chi connectivity index (χ4v) is 2.82. The normalized spacial score (nSPS) is 15.3.